The minimum Gasteiger partial charge on any atom is -0.355 e. The van der Waals surface area contributed by atoms with Crippen molar-refractivity contribution in [1.29, 1.82) is 0 Å². The van der Waals surface area contributed by atoms with Gasteiger partial charge < -0.3 is 20.9 Å². The molecule has 1 atom stereocenters. The number of carbonyl (C=O) groups is 2. The van der Waals surface area contributed by atoms with Crippen LogP contribution in [-0.2, 0) is 22.6 Å². The van der Waals surface area contributed by atoms with E-state index in [1.54, 1.807) is 18.7 Å². The summed E-state index contributed by atoms with van der Waals surface area (Å²) in [6, 6.07) is 23.5. The van der Waals surface area contributed by atoms with E-state index in [-0.39, 0.29) is 18.2 Å². The smallest absolute Gasteiger partial charge is 0.249 e. The summed E-state index contributed by atoms with van der Waals surface area (Å²) in [5.74, 6) is 0.252. The topological polar surface area (TPSA) is 146 Å². The van der Waals surface area contributed by atoms with Crippen molar-refractivity contribution in [1.82, 2.24) is 30.9 Å². The summed E-state index contributed by atoms with van der Waals surface area (Å²) < 4.78 is 0. The zero-order chi connectivity index (χ0) is 28.6. The highest BCUT2D eigenvalue weighted by molar-refractivity contribution is 6.00. The van der Waals surface area contributed by atoms with Gasteiger partial charge in [-0.25, -0.2) is 5.10 Å². The molecule has 5 N–H and O–H groups in total. The molecule has 0 saturated heterocycles. The second-order valence-corrected chi connectivity index (χ2v) is 11.3. The summed E-state index contributed by atoms with van der Waals surface area (Å²) in [7, 11) is 0. The zero-order valence-electron chi connectivity index (χ0n) is 23.0. The first-order chi connectivity index (χ1) is 19.7. The third-order valence-corrected chi connectivity index (χ3v) is 7.34. The van der Waals surface area contributed by atoms with Crippen LogP contribution in [0.15, 0.2) is 72.8 Å². The first-order valence-electron chi connectivity index (χ1n) is 13.7. The maximum atomic E-state index is 13.9. The molecule has 2 amide bonds. The van der Waals surface area contributed by atoms with Crippen LogP contribution in [0.5, 0.6) is 0 Å². The van der Waals surface area contributed by atoms with Crippen LogP contribution in [0.25, 0.3) is 33.5 Å². The van der Waals surface area contributed by atoms with Crippen LogP contribution in [0.3, 0.4) is 0 Å². The van der Waals surface area contributed by atoms with Gasteiger partial charge >= 0.3 is 0 Å². The van der Waals surface area contributed by atoms with Crippen molar-refractivity contribution in [2.75, 3.05) is 4.90 Å². The van der Waals surface area contributed by atoms with E-state index in [9.17, 15) is 9.59 Å². The number of aromatic amines is 2. The lowest BCUT2D eigenvalue weighted by Crippen LogP contribution is -2.49. The highest BCUT2D eigenvalue weighted by atomic mass is 16.2. The average Bonchev–Trinajstić information content (AvgIpc) is 3.61. The number of rotatable bonds is 7. The molecule has 0 bridgehead atoms. The molecule has 0 unspecified atom stereocenters. The highest BCUT2D eigenvalue weighted by Crippen LogP contribution is 2.33. The van der Waals surface area contributed by atoms with Gasteiger partial charge in [0.1, 0.15) is 6.04 Å². The van der Waals surface area contributed by atoms with Gasteiger partial charge in [0.15, 0.2) is 5.82 Å². The number of carbonyl (C=O) groups excluding carboxylic acids is 2. The molecule has 0 fully saturated rings. The van der Waals surface area contributed by atoms with E-state index in [0.717, 1.165) is 44.5 Å². The number of benzene rings is 3. The van der Waals surface area contributed by atoms with E-state index < -0.39 is 11.6 Å². The number of aromatic nitrogens is 5. The van der Waals surface area contributed by atoms with Crippen molar-refractivity contribution >= 4 is 28.4 Å². The van der Waals surface area contributed by atoms with Crippen molar-refractivity contribution in [2.24, 2.45) is 5.73 Å². The molecule has 5 aromatic rings. The molecule has 2 aromatic heterocycles. The molecular formula is C31H32N8O2. The number of nitrogens with two attached hydrogens (primary N) is 1. The number of amides is 2. The van der Waals surface area contributed by atoms with Gasteiger partial charge in [-0.1, -0.05) is 48.5 Å². The molecule has 208 valence electrons. The number of fused-ring (bicyclic) bond motifs is 2. The van der Waals surface area contributed by atoms with E-state index in [2.05, 4.69) is 43.1 Å². The number of H-pyrrole nitrogens is 2. The second kappa shape index (κ2) is 10.6. The van der Waals surface area contributed by atoms with Gasteiger partial charge in [-0.3, -0.25) is 9.59 Å². The Morgan fingerprint density at radius 1 is 1.07 bits per heavy atom. The Kier molecular flexibility index (Phi) is 6.84. The average molecular weight is 549 g/mol. The van der Waals surface area contributed by atoms with Crippen LogP contribution in [0.1, 0.15) is 37.8 Å². The Bertz CT molecular complexity index is 1720. The van der Waals surface area contributed by atoms with Gasteiger partial charge in [-0.2, -0.15) is 0 Å². The largest absolute Gasteiger partial charge is 0.355 e. The summed E-state index contributed by atoms with van der Waals surface area (Å²) in [4.78, 5) is 31.9. The third-order valence-electron chi connectivity index (χ3n) is 7.34. The van der Waals surface area contributed by atoms with Crippen LogP contribution >= 0.6 is 0 Å². The summed E-state index contributed by atoms with van der Waals surface area (Å²) in [5, 5.41) is 18.3. The van der Waals surface area contributed by atoms with Crippen molar-refractivity contribution in [3.05, 3.63) is 83.9 Å². The number of hydrogen-bond acceptors (Lipinski definition) is 6. The van der Waals surface area contributed by atoms with Crippen molar-refractivity contribution in [3.8, 4) is 22.6 Å². The molecule has 0 radical (unpaired) electrons. The summed E-state index contributed by atoms with van der Waals surface area (Å²) in [5.41, 5.74) is 12.1. The van der Waals surface area contributed by atoms with Gasteiger partial charge in [0, 0.05) is 45.4 Å². The standard InChI is InChI=1S/C31H32N8O2/c1-31(2,32)17-28(40)34-25-14-12-20-7-3-6-10-27(20)39(30(25)41)18-19-11-13-24-21(15-19)16-26(33-24)22-8-4-5-9-23(22)29-35-37-38-36-29/h3-11,13,15-16,25,33H,12,14,17-18,32H2,1-2H3,(H,34,40)(H,35,36,37,38)/t25-/m1/s1. The second-order valence-electron chi connectivity index (χ2n) is 11.3. The normalized spacial score (nSPS) is 15.5. The van der Waals surface area contributed by atoms with Crippen LogP contribution in [-0.4, -0.2) is 49.0 Å². The highest BCUT2D eigenvalue weighted by Gasteiger charge is 2.32. The lowest BCUT2D eigenvalue weighted by molar-refractivity contribution is -0.128. The first-order valence-corrected chi connectivity index (χ1v) is 13.7. The molecule has 6 rings (SSSR count). The van der Waals surface area contributed by atoms with Gasteiger partial charge in [0.25, 0.3) is 0 Å². The quantitative estimate of drug-likeness (QED) is 0.241. The number of tetrazole rings is 1. The number of para-hydroxylation sites is 1. The number of nitrogens with zero attached hydrogens (tertiary/aromatic N) is 4. The van der Waals surface area contributed by atoms with Gasteiger partial charge in [-0.05, 0) is 72.5 Å². The molecule has 0 spiro atoms. The van der Waals surface area contributed by atoms with Crippen LogP contribution < -0.4 is 16.0 Å². The number of anilines is 1. The minimum absolute atomic E-state index is 0.123. The fraction of sp³-hybridized carbons (Fsp3) is 0.258. The summed E-state index contributed by atoms with van der Waals surface area (Å²) in [6.45, 7) is 3.98. The number of nitrogens with one attached hydrogen (secondary N) is 3. The molecule has 10 heteroatoms. The lowest BCUT2D eigenvalue weighted by atomic mass is 10.0. The van der Waals surface area contributed by atoms with E-state index in [4.69, 9.17) is 5.73 Å². The van der Waals surface area contributed by atoms with E-state index in [1.165, 1.54) is 0 Å². The molecule has 1 aliphatic rings. The van der Waals surface area contributed by atoms with Gasteiger partial charge in [0.2, 0.25) is 11.8 Å². The fourth-order valence-corrected chi connectivity index (χ4v) is 5.48. The summed E-state index contributed by atoms with van der Waals surface area (Å²) >= 11 is 0. The monoisotopic (exact) mass is 548 g/mol. The number of hydrogen-bond donors (Lipinski definition) is 4. The molecule has 10 nitrogen and oxygen atoms in total. The molecule has 1 aliphatic heterocycles. The Balaban J connectivity index is 1.30. The molecule has 3 heterocycles. The molecular weight excluding hydrogens is 516 g/mol. The maximum absolute atomic E-state index is 13.9. The first kappa shape index (κ1) is 26.4. The molecule has 0 saturated carbocycles. The molecule has 3 aromatic carbocycles. The van der Waals surface area contributed by atoms with Crippen molar-refractivity contribution in [3.63, 3.8) is 0 Å². The third kappa shape index (κ3) is 5.59. The van der Waals surface area contributed by atoms with E-state index >= 15 is 0 Å². The predicted octanol–water partition coefficient (Wildman–Crippen LogP) is 4.11. The van der Waals surface area contributed by atoms with Gasteiger partial charge in [0.05, 0.1) is 6.54 Å². The van der Waals surface area contributed by atoms with Crippen LogP contribution in [0, 0.1) is 0 Å². The van der Waals surface area contributed by atoms with Crippen LogP contribution in [0.4, 0.5) is 5.69 Å². The van der Waals surface area contributed by atoms with Crippen molar-refractivity contribution < 1.29 is 9.59 Å². The predicted molar refractivity (Wildman–Crippen MR) is 158 cm³/mol. The zero-order valence-corrected chi connectivity index (χ0v) is 23.0. The van der Waals surface area contributed by atoms with Gasteiger partial charge in [-0.15, -0.1) is 5.10 Å². The lowest BCUT2D eigenvalue weighted by Gasteiger charge is -2.27. The molecule has 0 aliphatic carbocycles. The fourth-order valence-electron chi connectivity index (χ4n) is 5.48. The Labute approximate surface area is 237 Å². The van der Waals surface area contributed by atoms with E-state index in [0.29, 0.717) is 25.2 Å². The Morgan fingerprint density at radius 3 is 2.63 bits per heavy atom. The van der Waals surface area contributed by atoms with Crippen LogP contribution in [0.2, 0.25) is 0 Å². The Morgan fingerprint density at radius 2 is 1.85 bits per heavy atom. The Hall–Kier alpha value is -4.83. The molecule has 41 heavy (non-hydrogen) atoms. The number of aryl methyl sites for hydroxylation is 1. The van der Waals surface area contributed by atoms with Crippen molar-refractivity contribution in [2.45, 2.75) is 51.2 Å². The summed E-state index contributed by atoms with van der Waals surface area (Å²) in [6.07, 6.45) is 1.37. The van der Waals surface area contributed by atoms with E-state index in [1.807, 2.05) is 60.7 Å². The maximum Gasteiger partial charge on any atom is 0.249 e. The minimum atomic E-state index is -0.655. The SMILES string of the molecule is CC(C)(N)CC(=O)N[C@@H]1CCc2ccccc2N(Cc2ccc3[nH]c(-c4ccccc4-c4nnn[nH]4)cc3c2)C1=O.